The van der Waals surface area contributed by atoms with E-state index in [1.165, 1.54) is 55.3 Å². The molecule has 234 valence electrons. The molecule has 2 aliphatic rings. The second-order valence-corrected chi connectivity index (χ2v) is 13.2. The third kappa shape index (κ3) is 5.54. The molecule has 6 aromatic rings. The molecule has 0 spiro atoms. The van der Waals surface area contributed by atoms with Crippen molar-refractivity contribution >= 4 is 39.3 Å². The fourth-order valence-corrected chi connectivity index (χ4v) is 7.30. The highest BCUT2D eigenvalue weighted by atomic mass is 15.1. The SMILES string of the molecule is C=Cc1ccc(-c2ccc3c(c2)c2cc(N(C4=CCC(c5ccc(C)cc5)C=C4)c4ccccc4)ccc2n3C2C=CC(C)=CC2)cc1. The van der Waals surface area contributed by atoms with Crippen LogP contribution in [-0.2, 0) is 0 Å². The van der Waals surface area contributed by atoms with Gasteiger partial charge in [-0.25, -0.2) is 0 Å². The molecule has 0 bridgehead atoms. The number of para-hydroxylation sites is 1. The molecule has 0 fully saturated rings. The van der Waals surface area contributed by atoms with Gasteiger partial charge < -0.3 is 9.47 Å². The van der Waals surface area contributed by atoms with E-state index in [9.17, 15) is 0 Å². The molecule has 1 aromatic heterocycles. The maximum absolute atomic E-state index is 3.93. The lowest BCUT2D eigenvalue weighted by molar-refractivity contribution is 0.644. The molecule has 0 radical (unpaired) electrons. The van der Waals surface area contributed by atoms with Crippen molar-refractivity contribution in [2.24, 2.45) is 0 Å². The van der Waals surface area contributed by atoms with Gasteiger partial charge in [0.1, 0.15) is 0 Å². The first-order valence-corrected chi connectivity index (χ1v) is 17.0. The average Bonchev–Trinajstić information content (AvgIpc) is 3.46. The van der Waals surface area contributed by atoms with Crippen molar-refractivity contribution in [1.29, 1.82) is 0 Å². The summed E-state index contributed by atoms with van der Waals surface area (Å²) in [5.74, 6) is 0.382. The van der Waals surface area contributed by atoms with Crippen LogP contribution in [-0.4, -0.2) is 4.57 Å². The van der Waals surface area contributed by atoms with Crippen LogP contribution in [0.4, 0.5) is 11.4 Å². The summed E-state index contributed by atoms with van der Waals surface area (Å²) in [7, 11) is 0. The highest BCUT2D eigenvalue weighted by Crippen LogP contribution is 2.41. The first-order valence-electron chi connectivity index (χ1n) is 17.0. The van der Waals surface area contributed by atoms with Crippen LogP contribution < -0.4 is 4.90 Å². The largest absolute Gasteiger partial charge is 0.333 e. The number of allylic oxidation sites excluding steroid dienone is 7. The van der Waals surface area contributed by atoms with Crippen molar-refractivity contribution in [1.82, 2.24) is 4.57 Å². The second kappa shape index (κ2) is 12.5. The minimum Gasteiger partial charge on any atom is -0.333 e. The quantitative estimate of drug-likeness (QED) is 0.172. The Hall–Kier alpha value is -5.60. The third-order valence-electron chi connectivity index (χ3n) is 9.98. The molecular weight excluding hydrogens is 581 g/mol. The Bertz CT molecular complexity index is 2260. The summed E-state index contributed by atoms with van der Waals surface area (Å²) in [6.07, 6.45) is 17.9. The predicted molar refractivity (Wildman–Crippen MR) is 206 cm³/mol. The molecule has 1 heterocycles. The van der Waals surface area contributed by atoms with E-state index in [1.54, 1.807) is 0 Å². The summed E-state index contributed by atoms with van der Waals surface area (Å²) in [5.41, 5.74) is 13.6. The smallest absolute Gasteiger partial charge is 0.0560 e. The van der Waals surface area contributed by atoms with E-state index >= 15 is 0 Å². The van der Waals surface area contributed by atoms with E-state index < -0.39 is 0 Å². The molecule has 2 unspecified atom stereocenters. The normalized spacial score (nSPS) is 17.4. The number of aromatic nitrogens is 1. The molecule has 2 heteroatoms. The Kier molecular flexibility index (Phi) is 7.78. The summed E-state index contributed by atoms with van der Waals surface area (Å²) in [6, 6.07) is 42.7. The molecule has 2 aliphatic carbocycles. The van der Waals surface area contributed by atoms with Crippen molar-refractivity contribution < 1.29 is 0 Å². The molecule has 8 rings (SSSR count). The zero-order chi connectivity index (χ0) is 32.6. The van der Waals surface area contributed by atoms with Gasteiger partial charge in [0.2, 0.25) is 0 Å². The van der Waals surface area contributed by atoms with Crippen LogP contribution in [0.2, 0.25) is 0 Å². The van der Waals surface area contributed by atoms with Crippen LogP contribution in [0.1, 0.15) is 48.4 Å². The number of fused-ring (bicyclic) bond motifs is 3. The summed E-state index contributed by atoms with van der Waals surface area (Å²) < 4.78 is 2.54. The van der Waals surface area contributed by atoms with Crippen LogP contribution in [0.25, 0.3) is 39.0 Å². The van der Waals surface area contributed by atoms with Crippen molar-refractivity contribution in [3.8, 4) is 11.1 Å². The summed E-state index contributed by atoms with van der Waals surface area (Å²) in [4.78, 5) is 2.41. The van der Waals surface area contributed by atoms with Gasteiger partial charge in [-0.1, -0.05) is 127 Å². The third-order valence-corrected chi connectivity index (χ3v) is 9.98. The van der Waals surface area contributed by atoms with Gasteiger partial charge in [-0.15, -0.1) is 0 Å². The molecular formula is C46H40N2. The first-order chi connectivity index (χ1) is 23.6. The van der Waals surface area contributed by atoms with E-state index in [-0.39, 0.29) is 6.04 Å². The van der Waals surface area contributed by atoms with Gasteiger partial charge in [0.15, 0.2) is 0 Å². The molecule has 0 saturated heterocycles. The molecule has 0 aliphatic heterocycles. The van der Waals surface area contributed by atoms with E-state index in [0.29, 0.717) is 5.92 Å². The Balaban J connectivity index is 1.26. The number of rotatable bonds is 7. The Morgan fingerprint density at radius 1 is 0.667 bits per heavy atom. The first kappa shape index (κ1) is 29.8. The van der Waals surface area contributed by atoms with Crippen molar-refractivity contribution in [2.45, 2.75) is 38.6 Å². The average molecular weight is 621 g/mol. The van der Waals surface area contributed by atoms with Gasteiger partial charge >= 0.3 is 0 Å². The van der Waals surface area contributed by atoms with Crippen LogP contribution >= 0.6 is 0 Å². The second-order valence-electron chi connectivity index (χ2n) is 13.2. The van der Waals surface area contributed by atoms with E-state index in [2.05, 4.69) is 182 Å². The van der Waals surface area contributed by atoms with Crippen molar-refractivity contribution in [3.05, 3.63) is 186 Å². The van der Waals surface area contributed by atoms with E-state index in [0.717, 1.165) is 29.8 Å². The molecule has 0 amide bonds. The highest BCUT2D eigenvalue weighted by molar-refractivity contribution is 6.11. The Morgan fingerprint density at radius 2 is 1.40 bits per heavy atom. The van der Waals surface area contributed by atoms with Crippen LogP contribution in [0.5, 0.6) is 0 Å². The summed E-state index contributed by atoms with van der Waals surface area (Å²) in [6.45, 7) is 8.27. The van der Waals surface area contributed by atoms with E-state index in [1.807, 2.05) is 6.08 Å². The van der Waals surface area contributed by atoms with Gasteiger partial charge in [0.25, 0.3) is 0 Å². The van der Waals surface area contributed by atoms with Crippen LogP contribution in [0.15, 0.2) is 170 Å². The zero-order valence-corrected chi connectivity index (χ0v) is 27.7. The molecule has 0 saturated carbocycles. The van der Waals surface area contributed by atoms with Gasteiger partial charge in [-0.2, -0.15) is 0 Å². The van der Waals surface area contributed by atoms with Crippen molar-refractivity contribution in [2.75, 3.05) is 4.90 Å². The maximum Gasteiger partial charge on any atom is 0.0560 e. The Morgan fingerprint density at radius 3 is 2.08 bits per heavy atom. The number of anilines is 2. The number of benzene rings is 5. The maximum atomic E-state index is 3.93. The molecule has 2 nitrogen and oxygen atoms in total. The number of hydrogen-bond acceptors (Lipinski definition) is 1. The van der Waals surface area contributed by atoms with Crippen LogP contribution in [0.3, 0.4) is 0 Å². The molecule has 0 N–H and O–H groups in total. The fraction of sp³-hybridized carbons (Fsp3) is 0.130. The summed E-state index contributed by atoms with van der Waals surface area (Å²) in [5, 5.41) is 2.54. The number of hydrogen-bond donors (Lipinski definition) is 0. The lowest BCUT2D eigenvalue weighted by atomic mass is 9.91. The Labute approximate surface area is 284 Å². The van der Waals surface area contributed by atoms with Gasteiger partial charge in [0, 0.05) is 44.8 Å². The van der Waals surface area contributed by atoms with Gasteiger partial charge in [-0.3, -0.25) is 0 Å². The lowest BCUT2D eigenvalue weighted by Gasteiger charge is -2.29. The van der Waals surface area contributed by atoms with E-state index in [4.69, 9.17) is 0 Å². The molecule has 2 atom stereocenters. The minimum atomic E-state index is 0.269. The van der Waals surface area contributed by atoms with Crippen molar-refractivity contribution in [3.63, 3.8) is 0 Å². The number of nitrogens with zero attached hydrogens (tertiary/aromatic N) is 2. The summed E-state index contributed by atoms with van der Waals surface area (Å²) >= 11 is 0. The molecule has 5 aromatic carbocycles. The topological polar surface area (TPSA) is 8.17 Å². The van der Waals surface area contributed by atoms with Gasteiger partial charge in [0.05, 0.1) is 6.04 Å². The lowest BCUT2D eigenvalue weighted by Crippen LogP contribution is -2.17. The predicted octanol–water partition coefficient (Wildman–Crippen LogP) is 12.6. The fourth-order valence-electron chi connectivity index (χ4n) is 7.30. The van der Waals surface area contributed by atoms with Crippen LogP contribution in [0, 0.1) is 6.92 Å². The van der Waals surface area contributed by atoms with Gasteiger partial charge in [-0.05, 0) is 97.5 Å². The number of aryl methyl sites for hydroxylation is 1. The molecule has 48 heavy (non-hydrogen) atoms. The minimum absolute atomic E-state index is 0.269. The zero-order valence-electron chi connectivity index (χ0n) is 27.7. The highest BCUT2D eigenvalue weighted by Gasteiger charge is 2.22. The standard InChI is InChI=1S/C46H40N2/c1-4-34-14-18-37(19-15-34)38-22-28-45-43(30-38)44-31-42(27-29-46(44)48(45)41-23-12-33(3)13-24-41)47(39-8-6-5-7-9-39)40-25-20-36(21-26-40)35-16-10-32(2)11-17-35/h4-20,22-23,25-31,36,41H,1,21,24H2,2-3H3. The monoisotopic (exact) mass is 620 g/mol.